The Hall–Kier alpha value is -4.83. The summed E-state index contributed by atoms with van der Waals surface area (Å²) in [6.07, 6.45) is 2.50. The van der Waals surface area contributed by atoms with Crippen LogP contribution in [0.1, 0.15) is 36.1 Å². The number of ketones is 1. The smallest absolute Gasteiger partial charge is 0.300 e. The Morgan fingerprint density at radius 2 is 1.78 bits per heavy atom. The van der Waals surface area contributed by atoms with Gasteiger partial charge in [0.05, 0.1) is 29.9 Å². The first-order valence-electron chi connectivity index (χ1n) is 11.6. The van der Waals surface area contributed by atoms with Crippen molar-refractivity contribution in [3.05, 3.63) is 101 Å². The van der Waals surface area contributed by atoms with E-state index in [0.717, 1.165) is 17.3 Å². The molecular weight excluding hydrogens is 454 g/mol. The number of carbonyl (C=O) groups excluding carboxylic acids is 2. The van der Waals surface area contributed by atoms with Gasteiger partial charge >= 0.3 is 0 Å². The second kappa shape index (κ2) is 9.43. The van der Waals surface area contributed by atoms with Gasteiger partial charge in [0.25, 0.3) is 11.7 Å². The first kappa shape index (κ1) is 22.9. The van der Waals surface area contributed by atoms with Crippen molar-refractivity contribution in [1.29, 1.82) is 5.26 Å². The quantitative estimate of drug-likeness (QED) is 0.218. The number of carbonyl (C=O) groups is 2. The lowest BCUT2D eigenvalue weighted by molar-refractivity contribution is -0.132. The molecule has 7 heteroatoms. The Balaban J connectivity index is 1.68. The molecule has 1 aliphatic rings. The summed E-state index contributed by atoms with van der Waals surface area (Å²) in [5, 5.41) is 21.3. The molecule has 36 heavy (non-hydrogen) atoms. The molecule has 5 rings (SSSR count). The first-order chi connectivity index (χ1) is 17.5. The molecule has 1 saturated heterocycles. The average molecular weight is 478 g/mol. The second-order valence-corrected chi connectivity index (χ2v) is 8.49. The molecule has 1 atom stereocenters. The van der Waals surface area contributed by atoms with Gasteiger partial charge < -0.3 is 14.8 Å². The van der Waals surface area contributed by atoms with Gasteiger partial charge in [-0.1, -0.05) is 37.3 Å². The highest BCUT2D eigenvalue weighted by Crippen LogP contribution is 2.43. The van der Waals surface area contributed by atoms with Gasteiger partial charge in [0.15, 0.2) is 0 Å². The Kier molecular flexibility index (Phi) is 6.01. The molecule has 0 radical (unpaired) electrons. The highest BCUT2D eigenvalue weighted by atomic mass is 16.5. The van der Waals surface area contributed by atoms with E-state index in [0.29, 0.717) is 34.7 Å². The van der Waals surface area contributed by atoms with E-state index in [2.05, 4.69) is 11.1 Å². The van der Waals surface area contributed by atoms with Crippen LogP contribution in [-0.2, 0) is 9.59 Å². The summed E-state index contributed by atoms with van der Waals surface area (Å²) < 4.78 is 5.69. The van der Waals surface area contributed by atoms with Gasteiger partial charge in [0.1, 0.15) is 11.5 Å². The largest absolute Gasteiger partial charge is 0.507 e. The number of benzene rings is 3. The van der Waals surface area contributed by atoms with Gasteiger partial charge in [-0.25, -0.2) is 0 Å². The van der Waals surface area contributed by atoms with Crippen molar-refractivity contribution in [2.45, 2.75) is 19.4 Å². The summed E-state index contributed by atoms with van der Waals surface area (Å²) >= 11 is 0. The number of nitriles is 1. The van der Waals surface area contributed by atoms with Crippen LogP contribution in [0.4, 0.5) is 5.69 Å². The third kappa shape index (κ3) is 3.89. The van der Waals surface area contributed by atoms with Gasteiger partial charge in [-0.2, -0.15) is 5.26 Å². The summed E-state index contributed by atoms with van der Waals surface area (Å²) in [6, 6.07) is 22.2. The molecule has 3 aromatic carbocycles. The molecule has 0 spiro atoms. The zero-order chi connectivity index (χ0) is 25.2. The number of rotatable bonds is 6. The third-order valence-electron chi connectivity index (χ3n) is 6.23. The summed E-state index contributed by atoms with van der Waals surface area (Å²) in [5.74, 6) is -1.11. The van der Waals surface area contributed by atoms with Crippen LogP contribution in [0.5, 0.6) is 5.75 Å². The number of hydrogen-bond donors (Lipinski definition) is 2. The molecule has 1 aliphatic heterocycles. The average Bonchev–Trinajstić information content (AvgIpc) is 3.46. The highest BCUT2D eigenvalue weighted by molar-refractivity contribution is 6.51. The van der Waals surface area contributed by atoms with E-state index in [4.69, 9.17) is 4.74 Å². The summed E-state index contributed by atoms with van der Waals surface area (Å²) in [5.41, 5.74) is 2.76. The maximum absolute atomic E-state index is 13.4. The SMILES string of the molecule is CCCOc1ccc(C2/C(=C(/O)c3c[nH]c4ccccc34)C(=O)C(=O)N2c2ccc(C#N)cc2)cc1. The summed E-state index contributed by atoms with van der Waals surface area (Å²) in [7, 11) is 0. The number of fused-ring (bicyclic) bond motifs is 1. The van der Waals surface area contributed by atoms with E-state index in [1.165, 1.54) is 4.90 Å². The molecule has 0 bridgehead atoms. The fourth-order valence-electron chi connectivity index (χ4n) is 4.49. The number of aromatic nitrogens is 1. The molecule has 7 nitrogen and oxygen atoms in total. The van der Waals surface area contributed by atoms with Crippen LogP contribution in [0.3, 0.4) is 0 Å². The highest BCUT2D eigenvalue weighted by Gasteiger charge is 2.47. The topological polar surface area (TPSA) is 106 Å². The molecule has 1 aromatic heterocycles. The second-order valence-electron chi connectivity index (χ2n) is 8.49. The number of aliphatic hydroxyl groups excluding tert-OH is 1. The molecule has 1 unspecified atom stereocenters. The molecule has 2 N–H and O–H groups in total. The van der Waals surface area contributed by atoms with Crippen LogP contribution in [0.25, 0.3) is 16.7 Å². The molecule has 4 aromatic rings. The standard InChI is InChI=1S/C29H23N3O4/c1-2-15-36-21-13-9-19(10-14-21)26-25(27(33)23-17-31-24-6-4-3-5-22(23)24)28(34)29(35)32(26)20-11-7-18(16-30)8-12-20/h3-14,17,26,31,33H,2,15H2,1H3/b27-25-. The normalized spacial score (nSPS) is 16.9. The van der Waals surface area contributed by atoms with Gasteiger partial charge in [0.2, 0.25) is 0 Å². The Labute approximate surface area is 207 Å². The minimum atomic E-state index is -0.869. The lowest BCUT2D eigenvalue weighted by Gasteiger charge is -2.25. The van der Waals surface area contributed by atoms with Gasteiger partial charge in [-0.3, -0.25) is 14.5 Å². The number of nitrogens with one attached hydrogen (secondary N) is 1. The minimum Gasteiger partial charge on any atom is -0.507 e. The molecular formula is C29H23N3O4. The lowest BCUT2D eigenvalue weighted by Crippen LogP contribution is -2.29. The molecule has 0 aliphatic carbocycles. The number of hydrogen-bond acceptors (Lipinski definition) is 5. The zero-order valence-corrected chi connectivity index (χ0v) is 19.6. The van der Waals surface area contributed by atoms with Crippen LogP contribution in [0.2, 0.25) is 0 Å². The van der Waals surface area contributed by atoms with Crippen LogP contribution >= 0.6 is 0 Å². The van der Waals surface area contributed by atoms with Crippen molar-refractivity contribution in [3.63, 3.8) is 0 Å². The third-order valence-corrected chi connectivity index (χ3v) is 6.23. The van der Waals surface area contributed by atoms with E-state index in [1.54, 1.807) is 54.7 Å². The van der Waals surface area contributed by atoms with Crippen molar-refractivity contribution in [3.8, 4) is 11.8 Å². The van der Waals surface area contributed by atoms with Crippen molar-refractivity contribution < 1.29 is 19.4 Å². The maximum atomic E-state index is 13.4. The lowest BCUT2D eigenvalue weighted by atomic mass is 9.95. The van der Waals surface area contributed by atoms with E-state index in [9.17, 15) is 20.0 Å². The van der Waals surface area contributed by atoms with E-state index in [-0.39, 0.29) is 11.3 Å². The van der Waals surface area contributed by atoms with Crippen LogP contribution in [0, 0.1) is 11.3 Å². The van der Waals surface area contributed by atoms with Gasteiger partial charge in [-0.05, 0) is 54.4 Å². The summed E-state index contributed by atoms with van der Waals surface area (Å²) in [6.45, 7) is 2.59. The predicted octanol–water partition coefficient (Wildman–Crippen LogP) is 5.45. The molecule has 1 fully saturated rings. The van der Waals surface area contributed by atoms with Gasteiger partial charge in [0, 0.05) is 28.4 Å². The number of aromatic amines is 1. The van der Waals surface area contributed by atoms with Crippen LogP contribution in [-0.4, -0.2) is 28.4 Å². The number of aliphatic hydroxyl groups is 1. The number of nitrogens with zero attached hydrogens (tertiary/aromatic N) is 2. The molecule has 178 valence electrons. The number of ether oxygens (including phenoxy) is 1. The fraction of sp³-hybridized carbons (Fsp3) is 0.138. The Morgan fingerprint density at radius 1 is 1.06 bits per heavy atom. The van der Waals surface area contributed by atoms with E-state index >= 15 is 0 Å². The fourth-order valence-corrected chi connectivity index (χ4v) is 4.49. The number of anilines is 1. The monoisotopic (exact) mass is 477 g/mol. The van der Waals surface area contributed by atoms with Crippen LogP contribution < -0.4 is 9.64 Å². The van der Waals surface area contributed by atoms with E-state index < -0.39 is 17.7 Å². The predicted molar refractivity (Wildman–Crippen MR) is 136 cm³/mol. The molecule has 2 heterocycles. The Morgan fingerprint density at radius 3 is 2.47 bits per heavy atom. The number of H-pyrrole nitrogens is 1. The van der Waals surface area contributed by atoms with Crippen molar-refractivity contribution in [1.82, 2.24) is 4.98 Å². The number of Topliss-reactive ketones (excluding diaryl/α,β-unsaturated/α-hetero) is 1. The van der Waals surface area contributed by atoms with Crippen molar-refractivity contribution >= 4 is 34.0 Å². The maximum Gasteiger partial charge on any atom is 0.300 e. The first-order valence-corrected chi connectivity index (χ1v) is 11.6. The van der Waals surface area contributed by atoms with Gasteiger partial charge in [-0.15, -0.1) is 0 Å². The Bertz CT molecular complexity index is 1530. The molecule has 1 amide bonds. The summed E-state index contributed by atoms with van der Waals surface area (Å²) in [4.78, 5) is 31.2. The minimum absolute atomic E-state index is 0.00339. The zero-order valence-electron chi connectivity index (χ0n) is 19.6. The van der Waals surface area contributed by atoms with Crippen molar-refractivity contribution in [2.24, 2.45) is 0 Å². The van der Waals surface area contributed by atoms with Crippen molar-refractivity contribution in [2.75, 3.05) is 11.5 Å². The number of amides is 1. The van der Waals surface area contributed by atoms with E-state index in [1.807, 2.05) is 31.2 Å². The molecule has 0 saturated carbocycles. The van der Waals surface area contributed by atoms with Crippen LogP contribution in [0.15, 0.2) is 84.6 Å². The number of para-hydroxylation sites is 1.